The largest absolute Gasteiger partial charge is 2.00 e. The molecule has 0 heterocycles. The van der Waals surface area contributed by atoms with E-state index in [0.717, 1.165) is 0 Å². The van der Waals surface area contributed by atoms with Gasteiger partial charge in [-0.05, 0) is 0 Å². The zero-order valence-electron chi connectivity index (χ0n) is 27.0. The summed E-state index contributed by atoms with van der Waals surface area (Å²) >= 11 is 0. The molecular weight excluding hydrogens is 682 g/mol. The van der Waals surface area contributed by atoms with Crippen LogP contribution in [0.3, 0.4) is 0 Å². The molecule has 6 rings (SSSR count). The normalized spacial score (nSPS) is 13.9. The van der Waals surface area contributed by atoms with Gasteiger partial charge in [-0.3, -0.25) is 0 Å². The number of hydrogen-bond acceptors (Lipinski definition) is 0. The summed E-state index contributed by atoms with van der Waals surface area (Å²) in [5.74, 6) is 0. The number of aryl methyl sites for hydroxylation is 6. The predicted octanol–water partition coefficient (Wildman–Crippen LogP) is 0.470. The van der Waals surface area contributed by atoms with Crippen LogP contribution in [-0.2, 0) is 123 Å². The second kappa shape index (κ2) is 23.4. The number of fused-ring (bicyclic) bond motifs is 3. The minimum absolute atomic E-state index is 0. The molecule has 0 fully saturated rings. The molecule has 0 radical (unpaired) electrons. The van der Waals surface area contributed by atoms with Crippen molar-refractivity contribution in [2.45, 2.75) is 138 Å². The third-order valence-corrected chi connectivity index (χ3v) is 9.29. The first-order valence-corrected chi connectivity index (χ1v) is 15.3. The first kappa shape index (κ1) is 47.5. The summed E-state index contributed by atoms with van der Waals surface area (Å²) in [5, 5.41) is 0. The molecule has 6 heteroatoms. The van der Waals surface area contributed by atoms with Crippen LogP contribution < -0.4 is 37.2 Å². The minimum Gasteiger partial charge on any atom is -1.00 e. The monoisotopic (exact) mass is 732 g/mol. The van der Waals surface area contributed by atoms with Crippen molar-refractivity contribution in [3.05, 3.63) is 85.0 Å². The van der Waals surface area contributed by atoms with Gasteiger partial charge in [0.05, 0.1) is 0 Å². The van der Waals surface area contributed by atoms with Crippen LogP contribution in [0.5, 0.6) is 0 Å². The van der Waals surface area contributed by atoms with Crippen molar-refractivity contribution in [2.24, 2.45) is 0 Å². The molecule has 0 saturated heterocycles. The summed E-state index contributed by atoms with van der Waals surface area (Å²) in [5.41, 5.74) is 19.6. The van der Waals surface area contributed by atoms with Crippen molar-refractivity contribution < 1.29 is 102 Å². The van der Waals surface area contributed by atoms with Gasteiger partial charge < -0.3 is 37.2 Å². The molecule has 0 aliphatic heterocycles. The molecule has 42 heavy (non-hydrogen) atoms. The molecule has 0 N–H and O–H groups in total. The fraction of sp³-hybridized carbons (Fsp3) is 0.583. The Morgan fingerprint density at radius 3 is 0.857 bits per heavy atom. The Morgan fingerprint density at radius 1 is 0.429 bits per heavy atom. The molecule has 228 valence electrons. The molecule has 3 aromatic rings. The summed E-state index contributed by atoms with van der Waals surface area (Å²) in [6.45, 7) is 13.6. The maximum Gasteiger partial charge on any atom is 2.00 e. The number of halogens is 3. The molecule has 0 aromatic heterocycles. The van der Waals surface area contributed by atoms with Crippen LogP contribution in [0.2, 0.25) is 0 Å². The van der Waals surface area contributed by atoms with Crippen LogP contribution in [0, 0.1) is 20.8 Å². The van der Waals surface area contributed by atoms with E-state index in [1.165, 1.54) is 113 Å². The van der Waals surface area contributed by atoms with E-state index in [0.29, 0.717) is 0 Å². The van der Waals surface area contributed by atoms with Gasteiger partial charge in [-0.25, -0.2) is 18.2 Å². The standard InChI is InChI=1S/3C12H17.3ClH.3Ti/c3*1-3-11-9(2)8-10-6-4-5-7-12(10)11;;;;;;/h3*8H,3-7H2,1-2H3;3*1H;;;/q3*-1;;;;3*+2/p-3. The SMILES string of the molecule is CC[c-]1c(C)cc2c1CCCC2.CC[c-]1c(C)cc2c1CCCC2.CC[c-]1c(C)cc2c1CCCC2.[Cl-].[Cl-].[Cl-].[Ti+2].[Ti+2].[Ti+2]. The van der Waals surface area contributed by atoms with Crippen LogP contribution in [0.25, 0.3) is 0 Å². The first-order chi connectivity index (χ1) is 17.5. The smallest absolute Gasteiger partial charge is 1.00 e. The van der Waals surface area contributed by atoms with Crippen molar-refractivity contribution in [3.63, 3.8) is 0 Å². The van der Waals surface area contributed by atoms with E-state index in [9.17, 15) is 0 Å². The van der Waals surface area contributed by atoms with Crippen LogP contribution in [0.1, 0.15) is 126 Å². The average Bonchev–Trinajstić information content (AvgIpc) is 3.52. The van der Waals surface area contributed by atoms with Crippen molar-refractivity contribution in [1.82, 2.24) is 0 Å². The molecular formula is C36H51Cl3Ti3. The molecule has 3 aromatic carbocycles. The molecule has 0 saturated carbocycles. The third kappa shape index (κ3) is 11.4. The van der Waals surface area contributed by atoms with Crippen molar-refractivity contribution >= 4 is 0 Å². The van der Waals surface area contributed by atoms with Gasteiger partial charge in [-0.1, -0.05) is 138 Å². The Labute approximate surface area is 322 Å². The van der Waals surface area contributed by atoms with Gasteiger partial charge in [0.15, 0.2) is 0 Å². The average molecular weight is 734 g/mol. The van der Waals surface area contributed by atoms with E-state index >= 15 is 0 Å². The zero-order chi connectivity index (χ0) is 25.7. The van der Waals surface area contributed by atoms with Gasteiger partial charge in [-0.2, -0.15) is 66.8 Å². The quantitative estimate of drug-likeness (QED) is 0.272. The number of hydrogen-bond donors (Lipinski definition) is 0. The summed E-state index contributed by atoms with van der Waals surface area (Å²) in [7, 11) is 0. The Bertz CT molecular complexity index is 1010. The fourth-order valence-corrected chi connectivity index (χ4v) is 7.53. The molecule has 3 aliphatic carbocycles. The molecule has 0 unspecified atom stereocenters. The van der Waals surface area contributed by atoms with Gasteiger partial charge in [0.1, 0.15) is 0 Å². The van der Waals surface area contributed by atoms with Gasteiger partial charge in [-0.15, -0.1) is 0 Å². The molecule has 0 atom stereocenters. The minimum atomic E-state index is 0. The Morgan fingerprint density at radius 2 is 0.643 bits per heavy atom. The van der Waals surface area contributed by atoms with Crippen LogP contribution in [0.4, 0.5) is 0 Å². The van der Waals surface area contributed by atoms with E-state index in [1.807, 2.05) is 0 Å². The van der Waals surface area contributed by atoms with E-state index in [1.54, 1.807) is 50.1 Å². The summed E-state index contributed by atoms with van der Waals surface area (Å²) in [6.07, 6.45) is 20.1. The van der Waals surface area contributed by atoms with Gasteiger partial charge in [0, 0.05) is 0 Å². The van der Waals surface area contributed by atoms with Gasteiger partial charge in [0.2, 0.25) is 0 Å². The van der Waals surface area contributed by atoms with E-state index < -0.39 is 0 Å². The van der Waals surface area contributed by atoms with Crippen LogP contribution in [0.15, 0.2) is 18.2 Å². The molecule has 0 nitrogen and oxygen atoms in total. The Kier molecular flexibility index (Phi) is 26.4. The Hall–Kier alpha value is 1.06. The van der Waals surface area contributed by atoms with Crippen LogP contribution >= 0.6 is 0 Å². The van der Waals surface area contributed by atoms with E-state index in [-0.39, 0.29) is 102 Å². The van der Waals surface area contributed by atoms with Crippen molar-refractivity contribution in [3.8, 4) is 0 Å². The Balaban J connectivity index is -0.000000507. The molecule has 0 spiro atoms. The first-order valence-electron chi connectivity index (χ1n) is 15.3. The topological polar surface area (TPSA) is 0 Å². The summed E-state index contributed by atoms with van der Waals surface area (Å²) in [4.78, 5) is 0. The van der Waals surface area contributed by atoms with Gasteiger partial charge in [0.25, 0.3) is 0 Å². The maximum atomic E-state index is 2.41. The predicted molar refractivity (Wildman–Crippen MR) is 158 cm³/mol. The third-order valence-electron chi connectivity index (χ3n) is 9.29. The molecule has 0 amide bonds. The van der Waals surface area contributed by atoms with Gasteiger partial charge >= 0.3 is 65.2 Å². The molecule has 0 bridgehead atoms. The summed E-state index contributed by atoms with van der Waals surface area (Å²) < 4.78 is 0. The second-order valence-corrected chi connectivity index (χ2v) is 11.6. The van der Waals surface area contributed by atoms with Crippen molar-refractivity contribution in [2.75, 3.05) is 0 Å². The maximum absolute atomic E-state index is 2.41. The van der Waals surface area contributed by atoms with Crippen molar-refractivity contribution in [1.29, 1.82) is 0 Å². The second-order valence-electron chi connectivity index (χ2n) is 11.6. The zero-order valence-corrected chi connectivity index (χ0v) is 33.9. The van der Waals surface area contributed by atoms with Crippen LogP contribution in [-0.4, -0.2) is 0 Å². The van der Waals surface area contributed by atoms with E-state index in [2.05, 4.69) is 59.7 Å². The number of rotatable bonds is 3. The van der Waals surface area contributed by atoms with E-state index in [4.69, 9.17) is 0 Å². The molecule has 3 aliphatic rings. The summed E-state index contributed by atoms with van der Waals surface area (Å²) in [6, 6.07) is 7.23. The fourth-order valence-electron chi connectivity index (χ4n) is 7.53.